The van der Waals surface area contributed by atoms with Crippen molar-refractivity contribution in [3.63, 3.8) is 0 Å². The van der Waals surface area contributed by atoms with Crippen LogP contribution < -0.4 is 4.74 Å². The summed E-state index contributed by atoms with van der Waals surface area (Å²) in [7, 11) is 3.05. The lowest BCUT2D eigenvalue weighted by Gasteiger charge is -2.07. The zero-order valence-corrected chi connectivity index (χ0v) is 18.2. The van der Waals surface area contributed by atoms with Gasteiger partial charge >= 0.3 is 5.97 Å². The number of aromatic nitrogens is 1. The van der Waals surface area contributed by atoms with E-state index in [1.807, 2.05) is 66.0 Å². The van der Waals surface area contributed by atoms with E-state index in [4.69, 9.17) is 14.5 Å². The molecule has 146 valence electrons. The van der Waals surface area contributed by atoms with Crippen LogP contribution in [0.4, 0.5) is 0 Å². The Morgan fingerprint density at radius 3 is 2.55 bits per heavy atom. The van der Waals surface area contributed by atoms with Gasteiger partial charge in [0.15, 0.2) is 0 Å². The Kier molecular flexibility index (Phi) is 5.99. The van der Waals surface area contributed by atoms with Crippen LogP contribution in [0.25, 0.3) is 21.8 Å². The van der Waals surface area contributed by atoms with Gasteiger partial charge in [-0.15, -0.1) is 22.7 Å². The maximum absolute atomic E-state index is 12.1. The summed E-state index contributed by atoms with van der Waals surface area (Å²) < 4.78 is 11.4. The monoisotopic (exact) mass is 439 g/mol. The second-order valence-corrected chi connectivity index (χ2v) is 9.18. The smallest absolute Gasteiger partial charge is 0.348 e. The first-order valence-corrected chi connectivity index (χ1v) is 11.2. The van der Waals surface area contributed by atoms with E-state index in [2.05, 4.69) is 0 Å². The largest absolute Gasteiger partial charge is 0.496 e. The second-order valence-electron chi connectivity index (χ2n) is 5.96. The fraction of sp³-hybridized carbons (Fsp3) is 0.0909. The summed E-state index contributed by atoms with van der Waals surface area (Å²) in [6, 6.07) is 19.8. The van der Waals surface area contributed by atoms with Crippen LogP contribution in [0.2, 0.25) is 0 Å². The lowest BCUT2D eigenvalue weighted by Crippen LogP contribution is -1.96. The molecule has 29 heavy (non-hydrogen) atoms. The molecule has 0 spiro atoms. The molecule has 0 aliphatic heterocycles. The summed E-state index contributed by atoms with van der Waals surface area (Å²) in [5.74, 6) is 0.448. The number of carbonyl (C=O) groups excluding carboxylic acids is 1. The first kappa shape index (κ1) is 19.7. The van der Waals surface area contributed by atoms with Crippen LogP contribution >= 0.6 is 34.4 Å². The number of benzene rings is 2. The minimum atomic E-state index is -0.344. The Morgan fingerprint density at radius 2 is 1.79 bits per heavy atom. The number of methoxy groups -OCH3 is 2. The van der Waals surface area contributed by atoms with Gasteiger partial charge in [-0.25, -0.2) is 9.78 Å². The Bertz CT molecular complexity index is 1140. The van der Waals surface area contributed by atoms with E-state index in [-0.39, 0.29) is 5.97 Å². The molecule has 4 nitrogen and oxygen atoms in total. The van der Waals surface area contributed by atoms with Gasteiger partial charge in [0, 0.05) is 16.5 Å². The van der Waals surface area contributed by atoms with E-state index in [0.29, 0.717) is 4.88 Å². The Morgan fingerprint density at radius 1 is 1.03 bits per heavy atom. The third-order valence-corrected chi connectivity index (χ3v) is 7.41. The molecule has 0 fully saturated rings. The molecule has 2 aromatic heterocycles. The van der Waals surface area contributed by atoms with Crippen molar-refractivity contribution < 1.29 is 14.3 Å². The minimum Gasteiger partial charge on any atom is -0.496 e. The number of rotatable bonds is 6. The van der Waals surface area contributed by atoms with Gasteiger partial charge in [-0.1, -0.05) is 54.2 Å². The highest BCUT2D eigenvalue weighted by Crippen LogP contribution is 2.46. The first-order valence-electron chi connectivity index (χ1n) is 8.74. The van der Waals surface area contributed by atoms with Gasteiger partial charge in [-0.05, 0) is 18.2 Å². The number of ether oxygens (including phenoxy) is 2. The Balaban J connectivity index is 1.75. The molecule has 0 saturated carbocycles. The van der Waals surface area contributed by atoms with Gasteiger partial charge in [-0.2, -0.15) is 0 Å². The molecule has 0 atom stereocenters. The molecule has 0 unspecified atom stereocenters. The fourth-order valence-corrected chi connectivity index (χ4v) is 6.10. The van der Waals surface area contributed by atoms with E-state index in [9.17, 15) is 4.79 Å². The van der Waals surface area contributed by atoms with E-state index in [1.165, 1.54) is 18.4 Å². The maximum Gasteiger partial charge on any atom is 0.348 e. The molecular formula is C22H17NO3S3. The lowest BCUT2D eigenvalue weighted by atomic mass is 10.2. The maximum atomic E-state index is 12.1. The van der Waals surface area contributed by atoms with Crippen LogP contribution in [-0.4, -0.2) is 25.2 Å². The Hall–Kier alpha value is -2.61. The number of thiophene rings is 1. The van der Waals surface area contributed by atoms with Crippen LogP contribution in [0, 0.1) is 0 Å². The molecular weight excluding hydrogens is 422 g/mol. The normalized spacial score (nSPS) is 10.7. The molecule has 2 aromatic carbocycles. The predicted molar refractivity (Wildman–Crippen MR) is 119 cm³/mol. The van der Waals surface area contributed by atoms with Gasteiger partial charge in [0.2, 0.25) is 0 Å². The molecule has 2 heterocycles. The van der Waals surface area contributed by atoms with Gasteiger partial charge in [0.25, 0.3) is 0 Å². The van der Waals surface area contributed by atoms with Crippen LogP contribution in [-0.2, 0) is 4.74 Å². The van der Waals surface area contributed by atoms with Crippen LogP contribution in [0.15, 0.2) is 75.1 Å². The molecule has 4 aromatic rings. The zero-order chi connectivity index (χ0) is 20.2. The third-order valence-electron chi connectivity index (χ3n) is 4.16. The Labute approximate surface area is 181 Å². The van der Waals surface area contributed by atoms with Crippen molar-refractivity contribution in [2.75, 3.05) is 14.2 Å². The van der Waals surface area contributed by atoms with Crippen molar-refractivity contribution in [2.24, 2.45) is 0 Å². The highest BCUT2D eigenvalue weighted by atomic mass is 32.2. The van der Waals surface area contributed by atoms with Gasteiger partial charge in [-0.3, -0.25) is 0 Å². The number of carbonyl (C=O) groups is 1. The fourth-order valence-electron chi connectivity index (χ4n) is 2.74. The van der Waals surface area contributed by atoms with Crippen molar-refractivity contribution in [1.29, 1.82) is 0 Å². The summed E-state index contributed by atoms with van der Waals surface area (Å²) in [6.45, 7) is 0. The summed E-state index contributed by atoms with van der Waals surface area (Å²) in [4.78, 5) is 18.5. The van der Waals surface area contributed by atoms with Gasteiger partial charge in [0.1, 0.15) is 15.6 Å². The number of hydrogen-bond acceptors (Lipinski definition) is 7. The molecule has 7 heteroatoms. The second kappa shape index (κ2) is 8.82. The topological polar surface area (TPSA) is 48.4 Å². The number of para-hydroxylation sites is 1. The van der Waals surface area contributed by atoms with Crippen molar-refractivity contribution in [3.05, 3.63) is 70.9 Å². The number of nitrogens with zero attached hydrogens (tertiary/aromatic N) is 1. The van der Waals surface area contributed by atoms with Gasteiger partial charge < -0.3 is 9.47 Å². The van der Waals surface area contributed by atoms with Crippen molar-refractivity contribution >= 4 is 40.4 Å². The summed E-state index contributed by atoms with van der Waals surface area (Å²) in [5, 5.41) is 2.91. The molecule has 4 rings (SSSR count). The van der Waals surface area contributed by atoms with Crippen LogP contribution in [0.1, 0.15) is 9.67 Å². The van der Waals surface area contributed by atoms with Gasteiger partial charge in [0.05, 0.1) is 29.0 Å². The molecule has 0 amide bonds. The van der Waals surface area contributed by atoms with E-state index in [1.54, 1.807) is 30.2 Å². The summed E-state index contributed by atoms with van der Waals surface area (Å²) in [6.07, 6.45) is 0. The van der Waals surface area contributed by atoms with Crippen molar-refractivity contribution in [1.82, 2.24) is 4.98 Å². The molecule has 0 N–H and O–H groups in total. The first-order chi connectivity index (χ1) is 14.2. The highest BCUT2D eigenvalue weighted by Gasteiger charge is 2.20. The molecule has 0 saturated heterocycles. The molecule has 0 bridgehead atoms. The van der Waals surface area contributed by atoms with E-state index in [0.717, 1.165) is 36.7 Å². The van der Waals surface area contributed by atoms with Crippen molar-refractivity contribution in [2.45, 2.75) is 9.10 Å². The predicted octanol–water partition coefficient (Wildman–Crippen LogP) is 6.49. The average molecular weight is 440 g/mol. The zero-order valence-electron chi connectivity index (χ0n) is 15.7. The lowest BCUT2D eigenvalue weighted by molar-refractivity contribution is 0.0606. The SMILES string of the molecule is COC(=O)c1cc(-c2nc(-c3ccccc3)cs2)c(Sc2ccccc2OC)s1. The van der Waals surface area contributed by atoms with E-state index >= 15 is 0 Å². The average Bonchev–Trinajstić information content (AvgIpc) is 3.41. The molecule has 0 aliphatic rings. The molecule has 0 aliphatic carbocycles. The summed E-state index contributed by atoms with van der Waals surface area (Å²) >= 11 is 4.54. The standard InChI is InChI=1S/C22H17NO3S3/c1-25-17-10-6-7-11-18(17)28-22-15(12-19(29-22)21(24)26-2)20-23-16(13-27-20)14-8-4-3-5-9-14/h3-13H,1-2H3. The number of hydrogen-bond donors (Lipinski definition) is 0. The third kappa shape index (κ3) is 4.22. The quantitative estimate of drug-likeness (QED) is 0.322. The van der Waals surface area contributed by atoms with Crippen LogP contribution in [0.3, 0.4) is 0 Å². The summed E-state index contributed by atoms with van der Waals surface area (Å²) in [5.41, 5.74) is 2.92. The minimum absolute atomic E-state index is 0.344. The van der Waals surface area contributed by atoms with Crippen molar-refractivity contribution in [3.8, 4) is 27.6 Å². The van der Waals surface area contributed by atoms with E-state index < -0.39 is 0 Å². The highest BCUT2D eigenvalue weighted by molar-refractivity contribution is 8.01. The van der Waals surface area contributed by atoms with Crippen LogP contribution in [0.5, 0.6) is 5.75 Å². The number of esters is 1. The molecule has 0 radical (unpaired) electrons. The number of thiazole rings is 1.